The van der Waals surface area contributed by atoms with Crippen LogP contribution in [0.1, 0.15) is 33.6 Å². The molecule has 0 unspecified atom stereocenters. The quantitative estimate of drug-likeness (QED) is 0.236. The van der Waals surface area contributed by atoms with Crippen molar-refractivity contribution in [3.8, 4) is 0 Å². The van der Waals surface area contributed by atoms with Crippen molar-refractivity contribution in [3.63, 3.8) is 0 Å². The summed E-state index contributed by atoms with van der Waals surface area (Å²) in [6.07, 6.45) is 1.05. The van der Waals surface area contributed by atoms with Crippen LogP contribution in [0.3, 0.4) is 0 Å². The Hall–Kier alpha value is -1.96. The summed E-state index contributed by atoms with van der Waals surface area (Å²) in [5.74, 6) is -1.90. The standard InChI is InChI=1S/C11H16N2O6/c1-11(2,3)19-17-7-12-6-10(16)18-13-8(14)4-5-9(13)15/h7H,4-6H2,1-3H3/b12-7-. The van der Waals surface area contributed by atoms with Gasteiger partial charge in [-0.25, -0.2) is 9.79 Å². The molecule has 106 valence electrons. The highest BCUT2D eigenvalue weighted by molar-refractivity contribution is 6.01. The predicted molar refractivity (Wildman–Crippen MR) is 62.5 cm³/mol. The van der Waals surface area contributed by atoms with E-state index in [0.29, 0.717) is 5.06 Å². The number of aliphatic imine (C=N–C) groups is 1. The number of carbonyl (C=O) groups excluding carboxylic acids is 3. The average Bonchev–Trinajstić information content (AvgIpc) is 2.59. The number of amides is 2. The summed E-state index contributed by atoms with van der Waals surface area (Å²) in [6.45, 7) is 4.95. The molecule has 8 nitrogen and oxygen atoms in total. The highest BCUT2D eigenvalue weighted by Gasteiger charge is 2.32. The lowest BCUT2D eigenvalue weighted by atomic mass is 10.2. The molecule has 0 aromatic carbocycles. The van der Waals surface area contributed by atoms with Crippen LogP contribution in [-0.2, 0) is 29.0 Å². The van der Waals surface area contributed by atoms with Crippen molar-refractivity contribution < 1.29 is 29.0 Å². The van der Waals surface area contributed by atoms with Crippen LogP contribution in [0.15, 0.2) is 4.99 Å². The van der Waals surface area contributed by atoms with Crippen LogP contribution in [0.25, 0.3) is 0 Å². The maximum atomic E-state index is 11.3. The van der Waals surface area contributed by atoms with E-state index in [0.717, 1.165) is 6.40 Å². The number of imide groups is 1. The molecule has 0 aromatic heterocycles. The highest BCUT2D eigenvalue weighted by atomic mass is 17.2. The molecule has 0 bridgehead atoms. The number of hydrogen-bond acceptors (Lipinski definition) is 7. The normalized spacial score (nSPS) is 16.3. The van der Waals surface area contributed by atoms with Gasteiger partial charge in [-0.15, -0.1) is 5.06 Å². The molecule has 0 N–H and O–H groups in total. The molecule has 0 spiro atoms. The zero-order valence-corrected chi connectivity index (χ0v) is 11.0. The van der Waals surface area contributed by atoms with Gasteiger partial charge in [-0.1, -0.05) is 0 Å². The molecule has 1 rings (SSSR count). The Morgan fingerprint density at radius 3 is 2.42 bits per heavy atom. The van der Waals surface area contributed by atoms with E-state index >= 15 is 0 Å². The fourth-order valence-corrected chi connectivity index (χ4v) is 1.10. The van der Waals surface area contributed by atoms with Crippen LogP contribution in [0.4, 0.5) is 0 Å². The van der Waals surface area contributed by atoms with E-state index in [-0.39, 0.29) is 19.4 Å². The first-order valence-electron chi connectivity index (χ1n) is 5.69. The molecule has 1 aliphatic rings. The molecule has 1 saturated heterocycles. The number of hydroxylamine groups is 2. The first-order chi connectivity index (χ1) is 8.79. The number of hydrogen-bond donors (Lipinski definition) is 0. The van der Waals surface area contributed by atoms with Gasteiger partial charge < -0.3 is 9.73 Å². The molecule has 0 aromatic rings. The minimum absolute atomic E-state index is 0.0535. The first-order valence-corrected chi connectivity index (χ1v) is 5.69. The Bertz CT molecular complexity index is 382. The van der Waals surface area contributed by atoms with Gasteiger partial charge in [0.2, 0.25) is 6.40 Å². The smallest absolute Gasteiger partial charge is 0.328 e. The fourth-order valence-electron chi connectivity index (χ4n) is 1.10. The largest absolute Gasteiger partial charge is 0.354 e. The Labute approximate surface area is 110 Å². The van der Waals surface area contributed by atoms with Gasteiger partial charge >= 0.3 is 5.97 Å². The van der Waals surface area contributed by atoms with Gasteiger partial charge in [0.05, 0.1) is 0 Å². The minimum atomic E-state index is -0.834. The van der Waals surface area contributed by atoms with E-state index in [1.165, 1.54) is 0 Å². The van der Waals surface area contributed by atoms with Crippen LogP contribution in [-0.4, -0.2) is 41.4 Å². The maximum absolute atomic E-state index is 11.3. The Morgan fingerprint density at radius 1 is 1.32 bits per heavy atom. The van der Waals surface area contributed by atoms with Crippen LogP contribution < -0.4 is 0 Å². The van der Waals surface area contributed by atoms with Crippen molar-refractivity contribution in [2.75, 3.05) is 6.54 Å². The molecule has 0 aliphatic carbocycles. The molecule has 1 heterocycles. The van der Waals surface area contributed by atoms with Crippen molar-refractivity contribution in [3.05, 3.63) is 0 Å². The van der Waals surface area contributed by atoms with E-state index in [1.807, 2.05) is 0 Å². The second kappa shape index (κ2) is 6.28. The Morgan fingerprint density at radius 2 is 1.89 bits per heavy atom. The molecule has 0 atom stereocenters. The number of rotatable bonds is 5. The highest BCUT2D eigenvalue weighted by Crippen LogP contribution is 2.12. The molecule has 8 heteroatoms. The summed E-state index contributed by atoms with van der Waals surface area (Å²) in [5.41, 5.74) is -0.499. The molecule has 1 fully saturated rings. The molecule has 0 radical (unpaired) electrons. The van der Waals surface area contributed by atoms with E-state index < -0.39 is 23.4 Å². The van der Waals surface area contributed by atoms with Crippen molar-refractivity contribution in [2.45, 2.75) is 39.2 Å². The molecule has 2 amide bonds. The maximum Gasteiger partial charge on any atom is 0.354 e. The zero-order valence-electron chi connectivity index (χ0n) is 11.0. The summed E-state index contributed by atoms with van der Waals surface area (Å²) >= 11 is 0. The monoisotopic (exact) mass is 272 g/mol. The van der Waals surface area contributed by atoms with Gasteiger partial charge in [0, 0.05) is 12.8 Å². The fraction of sp³-hybridized carbons (Fsp3) is 0.636. The zero-order chi connectivity index (χ0) is 14.5. The van der Waals surface area contributed by atoms with Gasteiger partial charge in [-0.05, 0) is 20.8 Å². The lowest BCUT2D eigenvalue weighted by Gasteiger charge is -2.15. The number of carbonyl (C=O) groups is 3. The van der Waals surface area contributed by atoms with E-state index in [1.54, 1.807) is 20.8 Å². The van der Waals surface area contributed by atoms with Crippen LogP contribution in [0.5, 0.6) is 0 Å². The van der Waals surface area contributed by atoms with Crippen molar-refractivity contribution in [2.24, 2.45) is 4.99 Å². The van der Waals surface area contributed by atoms with Crippen LogP contribution >= 0.6 is 0 Å². The van der Waals surface area contributed by atoms with Crippen LogP contribution in [0, 0.1) is 0 Å². The van der Waals surface area contributed by atoms with Crippen molar-refractivity contribution in [1.29, 1.82) is 0 Å². The van der Waals surface area contributed by atoms with E-state index in [9.17, 15) is 14.4 Å². The second-order valence-electron chi connectivity index (χ2n) is 4.78. The van der Waals surface area contributed by atoms with Gasteiger partial charge in [-0.2, -0.15) is 4.89 Å². The van der Waals surface area contributed by atoms with Gasteiger partial charge in [0.1, 0.15) is 12.1 Å². The SMILES string of the molecule is CC(C)(C)OO/C=N\CC(=O)ON1C(=O)CCC1=O. The molecular formula is C11H16N2O6. The first kappa shape index (κ1) is 15.1. The topological polar surface area (TPSA) is 94.5 Å². The van der Waals surface area contributed by atoms with Gasteiger partial charge in [0.25, 0.3) is 11.8 Å². The number of nitrogens with zero attached hydrogens (tertiary/aromatic N) is 2. The third kappa shape index (κ3) is 5.47. The summed E-state index contributed by atoms with van der Waals surface area (Å²) in [6, 6.07) is 0. The lowest BCUT2D eigenvalue weighted by molar-refractivity contribution is -0.283. The van der Waals surface area contributed by atoms with E-state index in [4.69, 9.17) is 4.89 Å². The summed E-state index contributed by atoms with van der Waals surface area (Å²) < 4.78 is 0. The van der Waals surface area contributed by atoms with E-state index in [2.05, 4.69) is 14.7 Å². The molecule has 19 heavy (non-hydrogen) atoms. The summed E-state index contributed by atoms with van der Waals surface area (Å²) in [5, 5.41) is 0.463. The summed E-state index contributed by atoms with van der Waals surface area (Å²) in [4.78, 5) is 51.2. The van der Waals surface area contributed by atoms with Gasteiger partial charge in [0.15, 0.2) is 0 Å². The minimum Gasteiger partial charge on any atom is -0.328 e. The van der Waals surface area contributed by atoms with Crippen molar-refractivity contribution >= 4 is 24.2 Å². The molecular weight excluding hydrogens is 256 g/mol. The summed E-state index contributed by atoms with van der Waals surface area (Å²) in [7, 11) is 0. The molecule has 0 saturated carbocycles. The third-order valence-corrected chi connectivity index (χ3v) is 1.83. The Kier molecular flexibility index (Phi) is 4.99. The second-order valence-corrected chi connectivity index (χ2v) is 4.78. The lowest BCUT2D eigenvalue weighted by Crippen LogP contribution is -2.32. The van der Waals surface area contributed by atoms with Crippen LogP contribution in [0.2, 0.25) is 0 Å². The third-order valence-electron chi connectivity index (χ3n) is 1.83. The molecule has 1 aliphatic heterocycles. The average molecular weight is 272 g/mol. The van der Waals surface area contributed by atoms with Gasteiger partial charge in [-0.3, -0.25) is 9.59 Å². The Balaban J connectivity index is 2.26. The predicted octanol–water partition coefficient (Wildman–Crippen LogP) is 0.369. The van der Waals surface area contributed by atoms with Crippen molar-refractivity contribution in [1.82, 2.24) is 5.06 Å².